The molecule has 0 aliphatic rings. The highest BCUT2D eigenvalue weighted by Crippen LogP contribution is 2.41. The summed E-state index contributed by atoms with van der Waals surface area (Å²) < 4.78 is 10.7. The summed E-state index contributed by atoms with van der Waals surface area (Å²) in [5.41, 5.74) is 4.66. The van der Waals surface area contributed by atoms with Crippen LogP contribution in [0.1, 0.15) is 22.3 Å². The largest absolute Gasteiger partial charge is 0.504 e. The fourth-order valence-electron chi connectivity index (χ4n) is 4.47. The molecule has 198 valence electrons. The molecule has 0 saturated heterocycles. The maximum Gasteiger partial charge on any atom is 0.160 e. The van der Waals surface area contributed by atoms with Crippen LogP contribution in [0.3, 0.4) is 0 Å². The topological polar surface area (TPSA) is 140 Å². The van der Waals surface area contributed by atoms with Crippen molar-refractivity contribution in [1.82, 2.24) is 0 Å². The summed E-state index contributed by atoms with van der Waals surface area (Å²) in [7, 11) is 2.93. The van der Waals surface area contributed by atoms with Crippen molar-refractivity contribution >= 4 is 0 Å². The van der Waals surface area contributed by atoms with E-state index in [2.05, 4.69) is 0 Å². The SMILES string of the molecule is COc1cc(CCc2ccc(O)c(O)c2)c(-c2cc(O)c(OC)cc2CCc2ccc(O)c(O)c2)cc1O. The van der Waals surface area contributed by atoms with E-state index in [4.69, 9.17) is 9.47 Å². The first-order valence-corrected chi connectivity index (χ1v) is 12.0. The summed E-state index contributed by atoms with van der Waals surface area (Å²) in [5, 5.41) is 60.3. The van der Waals surface area contributed by atoms with Gasteiger partial charge in [0, 0.05) is 0 Å². The minimum Gasteiger partial charge on any atom is -0.504 e. The van der Waals surface area contributed by atoms with Gasteiger partial charge in [-0.3, -0.25) is 0 Å². The number of benzene rings is 4. The molecule has 38 heavy (non-hydrogen) atoms. The predicted molar refractivity (Wildman–Crippen MR) is 143 cm³/mol. The molecule has 4 aromatic carbocycles. The minimum absolute atomic E-state index is 0.0572. The van der Waals surface area contributed by atoms with Crippen molar-refractivity contribution in [2.45, 2.75) is 25.7 Å². The first-order chi connectivity index (χ1) is 18.2. The standard InChI is InChI=1S/C30H30O8/c1-37-29-13-19(7-3-17-5-9-23(31)25(33)11-17)21(15-27(29)35)22-16-28(36)30(38-2)14-20(22)8-4-18-6-10-24(32)26(34)12-18/h5-6,9-16,31-36H,3-4,7-8H2,1-2H3. The fourth-order valence-corrected chi connectivity index (χ4v) is 4.47. The summed E-state index contributed by atoms with van der Waals surface area (Å²) in [4.78, 5) is 0. The average Bonchev–Trinajstić information content (AvgIpc) is 2.90. The zero-order valence-corrected chi connectivity index (χ0v) is 21.1. The van der Waals surface area contributed by atoms with E-state index in [0.29, 0.717) is 48.3 Å². The van der Waals surface area contributed by atoms with Gasteiger partial charge >= 0.3 is 0 Å². The third-order valence-corrected chi connectivity index (χ3v) is 6.55. The number of phenols is 6. The fraction of sp³-hybridized carbons (Fsp3) is 0.200. The second-order valence-electron chi connectivity index (χ2n) is 9.01. The molecule has 0 atom stereocenters. The van der Waals surface area contributed by atoms with Gasteiger partial charge in [0.2, 0.25) is 0 Å². The lowest BCUT2D eigenvalue weighted by molar-refractivity contribution is 0.372. The lowest BCUT2D eigenvalue weighted by Crippen LogP contribution is -2.01. The number of phenolic OH excluding ortho intramolecular Hbond substituents is 6. The molecule has 0 aliphatic carbocycles. The molecule has 0 radical (unpaired) electrons. The van der Waals surface area contributed by atoms with Crippen LogP contribution in [-0.2, 0) is 25.7 Å². The Morgan fingerprint density at radius 3 is 1.18 bits per heavy atom. The van der Waals surface area contributed by atoms with Crippen LogP contribution in [0.25, 0.3) is 11.1 Å². The van der Waals surface area contributed by atoms with Gasteiger partial charge in [-0.15, -0.1) is 0 Å². The first kappa shape index (κ1) is 26.3. The highest BCUT2D eigenvalue weighted by Gasteiger charge is 2.18. The molecule has 0 saturated carbocycles. The maximum absolute atomic E-state index is 10.6. The van der Waals surface area contributed by atoms with Crippen molar-refractivity contribution in [2.75, 3.05) is 14.2 Å². The Morgan fingerprint density at radius 2 is 0.842 bits per heavy atom. The molecule has 4 aromatic rings. The number of methoxy groups -OCH3 is 2. The normalized spacial score (nSPS) is 10.9. The molecule has 0 aromatic heterocycles. The second kappa shape index (κ2) is 11.1. The number of rotatable bonds is 9. The van der Waals surface area contributed by atoms with Crippen molar-refractivity contribution in [3.05, 3.63) is 82.9 Å². The van der Waals surface area contributed by atoms with Crippen LogP contribution in [0.4, 0.5) is 0 Å². The average molecular weight is 519 g/mol. The van der Waals surface area contributed by atoms with Crippen molar-refractivity contribution in [3.63, 3.8) is 0 Å². The molecular formula is C30H30O8. The lowest BCUT2D eigenvalue weighted by atomic mass is 9.89. The van der Waals surface area contributed by atoms with Crippen LogP contribution >= 0.6 is 0 Å². The van der Waals surface area contributed by atoms with E-state index in [-0.39, 0.29) is 34.5 Å². The molecule has 0 unspecified atom stereocenters. The highest BCUT2D eigenvalue weighted by atomic mass is 16.5. The van der Waals surface area contributed by atoms with Gasteiger partial charge < -0.3 is 40.1 Å². The van der Waals surface area contributed by atoms with Crippen LogP contribution in [0, 0.1) is 0 Å². The Hall–Kier alpha value is -4.72. The van der Waals surface area contributed by atoms with Crippen LogP contribution < -0.4 is 9.47 Å². The zero-order valence-electron chi connectivity index (χ0n) is 21.1. The molecule has 0 amide bonds. The molecule has 0 spiro atoms. The Balaban J connectivity index is 1.75. The number of hydrogen-bond donors (Lipinski definition) is 6. The molecule has 0 fully saturated rings. The van der Waals surface area contributed by atoms with Gasteiger partial charge in [0.25, 0.3) is 0 Å². The number of ether oxygens (including phenoxy) is 2. The second-order valence-corrected chi connectivity index (χ2v) is 9.01. The van der Waals surface area contributed by atoms with Crippen molar-refractivity contribution in [1.29, 1.82) is 0 Å². The van der Waals surface area contributed by atoms with E-state index in [0.717, 1.165) is 22.3 Å². The summed E-state index contributed by atoms with van der Waals surface area (Å²) in [6.45, 7) is 0. The van der Waals surface area contributed by atoms with Crippen molar-refractivity contribution < 1.29 is 40.1 Å². The molecule has 0 bridgehead atoms. The van der Waals surface area contributed by atoms with Crippen LogP contribution in [0.15, 0.2) is 60.7 Å². The first-order valence-electron chi connectivity index (χ1n) is 12.0. The number of aryl methyl sites for hydroxylation is 4. The highest BCUT2D eigenvalue weighted by molar-refractivity contribution is 5.76. The van der Waals surface area contributed by atoms with Gasteiger partial charge in [0.15, 0.2) is 46.0 Å². The minimum atomic E-state index is -0.200. The third kappa shape index (κ3) is 5.64. The van der Waals surface area contributed by atoms with Gasteiger partial charge in [-0.2, -0.15) is 0 Å². The van der Waals surface area contributed by atoms with Gasteiger partial charge in [-0.1, -0.05) is 12.1 Å². The van der Waals surface area contributed by atoms with E-state index in [1.54, 1.807) is 36.4 Å². The Kier molecular flexibility index (Phi) is 7.71. The third-order valence-electron chi connectivity index (χ3n) is 6.55. The summed E-state index contributed by atoms with van der Waals surface area (Å²) in [5.74, 6) is -0.298. The van der Waals surface area contributed by atoms with E-state index >= 15 is 0 Å². The molecule has 8 nitrogen and oxygen atoms in total. The van der Waals surface area contributed by atoms with Crippen LogP contribution in [0.2, 0.25) is 0 Å². The maximum atomic E-state index is 10.6. The van der Waals surface area contributed by atoms with E-state index in [9.17, 15) is 30.6 Å². The molecule has 8 heteroatoms. The molecule has 6 N–H and O–H groups in total. The number of aromatic hydroxyl groups is 6. The van der Waals surface area contributed by atoms with Gasteiger partial charge in [-0.05, 0) is 108 Å². The van der Waals surface area contributed by atoms with Crippen molar-refractivity contribution in [2.24, 2.45) is 0 Å². The zero-order chi connectivity index (χ0) is 27.4. The van der Waals surface area contributed by atoms with E-state index in [1.165, 1.54) is 38.5 Å². The molecule has 0 heterocycles. The quantitative estimate of drug-likeness (QED) is 0.167. The smallest absolute Gasteiger partial charge is 0.160 e. The monoisotopic (exact) mass is 518 g/mol. The van der Waals surface area contributed by atoms with Crippen LogP contribution in [-0.4, -0.2) is 44.9 Å². The number of hydrogen-bond acceptors (Lipinski definition) is 8. The van der Waals surface area contributed by atoms with Gasteiger partial charge in [-0.25, -0.2) is 0 Å². The summed E-state index contributed by atoms with van der Waals surface area (Å²) in [6.07, 6.45) is 2.07. The van der Waals surface area contributed by atoms with Crippen molar-refractivity contribution in [3.8, 4) is 57.1 Å². The van der Waals surface area contributed by atoms with E-state index in [1.807, 2.05) is 0 Å². The molecule has 4 rings (SSSR count). The predicted octanol–water partition coefficient (Wildman–Crippen LogP) is 5.17. The summed E-state index contributed by atoms with van der Waals surface area (Å²) >= 11 is 0. The lowest BCUT2D eigenvalue weighted by Gasteiger charge is -2.18. The Labute approximate surface area is 220 Å². The molecule has 0 aliphatic heterocycles. The molecular weight excluding hydrogens is 488 g/mol. The Morgan fingerprint density at radius 1 is 0.447 bits per heavy atom. The van der Waals surface area contributed by atoms with Crippen LogP contribution in [0.5, 0.6) is 46.0 Å². The Bertz CT molecular complexity index is 1350. The van der Waals surface area contributed by atoms with Gasteiger partial charge in [0.05, 0.1) is 14.2 Å². The summed E-state index contributed by atoms with van der Waals surface area (Å²) in [6, 6.07) is 16.0. The van der Waals surface area contributed by atoms with Gasteiger partial charge in [0.1, 0.15) is 0 Å². The van der Waals surface area contributed by atoms with E-state index < -0.39 is 0 Å².